The van der Waals surface area contributed by atoms with Gasteiger partial charge in [0.1, 0.15) is 5.60 Å². The van der Waals surface area contributed by atoms with Gasteiger partial charge in [-0.2, -0.15) is 0 Å². The van der Waals surface area contributed by atoms with Crippen LogP contribution in [0.2, 0.25) is 0 Å². The van der Waals surface area contributed by atoms with Gasteiger partial charge in [-0.3, -0.25) is 0 Å². The summed E-state index contributed by atoms with van der Waals surface area (Å²) in [6, 6.07) is 8.34. The predicted octanol–water partition coefficient (Wildman–Crippen LogP) is 2.67. The van der Waals surface area contributed by atoms with Gasteiger partial charge in [-0.1, -0.05) is 17.7 Å². The zero-order chi connectivity index (χ0) is 16.8. The number of alkyl carbamates (subject to hydrolysis) is 1. The van der Waals surface area contributed by atoms with Gasteiger partial charge in [0.05, 0.1) is 6.04 Å². The van der Waals surface area contributed by atoms with Crippen LogP contribution in [-0.4, -0.2) is 37.4 Å². The molecule has 0 aromatic heterocycles. The van der Waals surface area contributed by atoms with E-state index in [2.05, 4.69) is 48.3 Å². The maximum absolute atomic E-state index is 11.8. The molecule has 0 aliphatic heterocycles. The van der Waals surface area contributed by atoms with Crippen LogP contribution in [0.5, 0.6) is 0 Å². The highest BCUT2D eigenvalue weighted by molar-refractivity contribution is 5.67. The van der Waals surface area contributed by atoms with Gasteiger partial charge in [-0.25, -0.2) is 4.79 Å². The van der Waals surface area contributed by atoms with Crippen LogP contribution in [0.3, 0.4) is 0 Å². The molecule has 0 spiro atoms. The molecule has 0 saturated carbocycles. The highest BCUT2D eigenvalue weighted by Gasteiger charge is 2.20. The van der Waals surface area contributed by atoms with Crippen molar-refractivity contribution in [1.29, 1.82) is 0 Å². The summed E-state index contributed by atoms with van der Waals surface area (Å²) in [5.41, 5.74) is 7.72. The first-order valence-corrected chi connectivity index (χ1v) is 7.77. The molecule has 0 aliphatic carbocycles. The van der Waals surface area contributed by atoms with Crippen LogP contribution in [0.15, 0.2) is 24.3 Å². The maximum atomic E-state index is 11.8. The number of nitrogens with zero attached hydrogens (tertiary/aromatic N) is 1. The molecule has 1 aromatic carbocycles. The van der Waals surface area contributed by atoms with E-state index in [0.717, 1.165) is 12.2 Å². The number of nitrogens with one attached hydrogen (secondary N) is 1. The summed E-state index contributed by atoms with van der Waals surface area (Å²) >= 11 is 0. The predicted molar refractivity (Wildman–Crippen MR) is 91.3 cm³/mol. The number of rotatable bonds is 6. The van der Waals surface area contributed by atoms with Crippen molar-refractivity contribution < 1.29 is 9.53 Å². The number of amides is 1. The second-order valence-corrected chi connectivity index (χ2v) is 6.39. The average molecular weight is 307 g/mol. The van der Waals surface area contributed by atoms with Gasteiger partial charge >= 0.3 is 6.09 Å². The Morgan fingerprint density at radius 3 is 2.36 bits per heavy atom. The maximum Gasteiger partial charge on any atom is 0.407 e. The van der Waals surface area contributed by atoms with Crippen LogP contribution >= 0.6 is 0 Å². The normalized spacial score (nSPS) is 12.6. The van der Waals surface area contributed by atoms with Crippen LogP contribution < -0.4 is 16.0 Å². The minimum absolute atomic E-state index is 0.0280. The second kappa shape index (κ2) is 8.03. The van der Waals surface area contributed by atoms with E-state index in [-0.39, 0.29) is 6.04 Å². The lowest BCUT2D eigenvalue weighted by Crippen LogP contribution is -2.49. The van der Waals surface area contributed by atoms with E-state index in [4.69, 9.17) is 10.5 Å². The third kappa shape index (κ3) is 5.93. The summed E-state index contributed by atoms with van der Waals surface area (Å²) in [5.74, 6) is 0. The summed E-state index contributed by atoms with van der Waals surface area (Å²) in [5, 5.41) is 2.80. The van der Waals surface area contributed by atoms with Crippen molar-refractivity contribution >= 4 is 11.8 Å². The van der Waals surface area contributed by atoms with Crippen molar-refractivity contribution in [3.63, 3.8) is 0 Å². The number of carbonyl (C=O) groups is 1. The Hall–Kier alpha value is -1.75. The van der Waals surface area contributed by atoms with Gasteiger partial charge in [0.2, 0.25) is 0 Å². The van der Waals surface area contributed by atoms with Crippen LogP contribution in [0.4, 0.5) is 10.5 Å². The third-order valence-corrected chi connectivity index (χ3v) is 3.30. The molecule has 1 atom stereocenters. The number of ether oxygens (including phenoxy) is 1. The van der Waals surface area contributed by atoms with Crippen molar-refractivity contribution in [3.05, 3.63) is 29.8 Å². The molecule has 1 amide bonds. The number of carbonyl (C=O) groups excluding carboxylic acids is 1. The molecule has 1 aromatic rings. The van der Waals surface area contributed by atoms with Gasteiger partial charge in [-0.05, 0) is 46.8 Å². The molecule has 3 N–H and O–H groups in total. The Kier molecular flexibility index (Phi) is 6.68. The molecular formula is C17H29N3O2. The van der Waals surface area contributed by atoms with Crippen LogP contribution in [-0.2, 0) is 4.74 Å². The van der Waals surface area contributed by atoms with E-state index in [1.165, 1.54) is 5.56 Å². The second-order valence-electron chi connectivity index (χ2n) is 6.39. The van der Waals surface area contributed by atoms with Gasteiger partial charge in [-0.15, -0.1) is 0 Å². The molecular weight excluding hydrogens is 278 g/mol. The molecule has 22 heavy (non-hydrogen) atoms. The standard InChI is InChI=1S/C17H29N3O2/c1-6-20(14-9-7-13(2)8-10-14)15(11-18)12-19-16(21)22-17(3,4)5/h7-10,15H,6,11-12,18H2,1-5H3,(H,19,21). The molecule has 124 valence electrons. The number of hydrogen-bond donors (Lipinski definition) is 2. The van der Waals surface area contributed by atoms with Gasteiger partial charge in [0.15, 0.2) is 0 Å². The quantitative estimate of drug-likeness (QED) is 0.848. The average Bonchev–Trinajstić information content (AvgIpc) is 2.43. The van der Waals surface area contributed by atoms with Gasteiger partial charge in [0, 0.05) is 25.3 Å². The Labute approximate surface area is 133 Å². The summed E-state index contributed by atoms with van der Waals surface area (Å²) in [6.07, 6.45) is -0.411. The van der Waals surface area contributed by atoms with E-state index in [9.17, 15) is 4.79 Å². The fourth-order valence-corrected chi connectivity index (χ4v) is 2.22. The van der Waals surface area contributed by atoms with Crippen LogP contribution in [0, 0.1) is 6.92 Å². The van der Waals surface area contributed by atoms with E-state index in [0.29, 0.717) is 13.1 Å². The number of likely N-dealkylation sites (N-methyl/N-ethyl adjacent to an activating group) is 1. The van der Waals surface area contributed by atoms with E-state index < -0.39 is 11.7 Å². The lowest BCUT2D eigenvalue weighted by atomic mass is 10.1. The highest BCUT2D eigenvalue weighted by Crippen LogP contribution is 2.17. The highest BCUT2D eigenvalue weighted by atomic mass is 16.6. The van der Waals surface area contributed by atoms with Crippen molar-refractivity contribution in [2.75, 3.05) is 24.5 Å². The summed E-state index contributed by atoms with van der Waals surface area (Å²) in [7, 11) is 0. The minimum atomic E-state index is -0.496. The molecule has 0 heterocycles. The zero-order valence-corrected chi connectivity index (χ0v) is 14.3. The largest absolute Gasteiger partial charge is 0.444 e. The Bertz CT molecular complexity index is 466. The topological polar surface area (TPSA) is 67.6 Å². The Morgan fingerprint density at radius 2 is 1.91 bits per heavy atom. The van der Waals surface area contributed by atoms with E-state index >= 15 is 0 Å². The third-order valence-electron chi connectivity index (χ3n) is 3.30. The molecule has 1 unspecified atom stereocenters. The number of nitrogens with two attached hydrogens (primary N) is 1. The summed E-state index contributed by atoms with van der Waals surface area (Å²) in [6.45, 7) is 11.4. The fraction of sp³-hybridized carbons (Fsp3) is 0.588. The molecule has 5 heteroatoms. The summed E-state index contributed by atoms with van der Waals surface area (Å²) < 4.78 is 5.26. The monoisotopic (exact) mass is 307 g/mol. The fourth-order valence-electron chi connectivity index (χ4n) is 2.22. The first-order valence-electron chi connectivity index (χ1n) is 7.77. The first-order chi connectivity index (χ1) is 10.3. The van der Waals surface area contributed by atoms with Crippen molar-refractivity contribution in [2.24, 2.45) is 5.73 Å². The van der Waals surface area contributed by atoms with Crippen LogP contribution in [0.25, 0.3) is 0 Å². The molecule has 0 saturated heterocycles. The zero-order valence-electron chi connectivity index (χ0n) is 14.3. The molecule has 0 aliphatic rings. The molecule has 0 radical (unpaired) electrons. The number of anilines is 1. The smallest absolute Gasteiger partial charge is 0.407 e. The minimum Gasteiger partial charge on any atom is -0.444 e. The molecule has 1 rings (SSSR count). The number of benzene rings is 1. The molecule has 5 nitrogen and oxygen atoms in total. The molecule has 0 fully saturated rings. The van der Waals surface area contributed by atoms with E-state index in [1.54, 1.807) is 0 Å². The SMILES string of the molecule is CCN(c1ccc(C)cc1)C(CN)CNC(=O)OC(C)(C)C. The first kappa shape index (κ1) is 18.3. The Balaban J connectivity index is 2.68. The van der Waals surface area contributed by atoms with Crippen molar-refractivity contribution in [2.45, 2.75) is 46.3 Å². The number of hydrogen-bond acceptors (Lipinski definition) is 4. The van der Waals surface area contributed by atoms with E-state index in [1.807, 2.05) is 20.8 Å². The Morgan fingerprint density at radius 1 is 1.32 bits per heavy atom. The lowest BCUT2D eigenvalue weighted by Gasteiger charge is -2.32. The summed E-state index contributed by atoms with van der Waals surface area (Å²) in [4.78, 5) is 14.0. The van der Waals surface area contributed by atoms with Gasteiger partial charge < -0.3 is 20.7 Å². The lowest BCUT2D eigenvalue weighted by molar-refractivity contribution is 0.0524. The van der Waals surface area contributed by atoms with Gasteiger partial charge in [0.25, 0.3) is 0 Å². The van der Waals surface area contributed by atoms with Crippen LogP contribution in [0.1, 0.15) is 33.3 Å². The van der Waals surface area contributed by atoms with Crippen molar-refractivity contribution in [1.82, 2.24) is 5.32 Å². The molecule has 0 bridgehead atoms. The number of aryl methyl sites for hydroxylation is 1. The van der Waals surface area contributed by atoms with Crippen molar-refractivity contribution in [3.8, 4) is 0 Å².